The molecule has 0 saturated carbocycles. The van der Waals surface area contributed by atoms with E-state index in [1.54, 1.807) is 18.9 Å². The number of benzene rings is 2. The van der Waals surface area contributed by atoms with E-state index >= 15 is 0 Å². The van der Waals surface area contributed by atoms with Crippen LogP contribution in [-0.4, -0.2) is 43.4 Å². The fraction of sp³-hybridized carbons (Fsp3) is 0.350. The molecule has 1 fully saturated rings. The highest BCUT2D eigenvalue weighted by atomic mass is 32.2. The van der Waals surface area contributed by atoms with Crippen LogP contribution in [0, 0.1) is 0 Å². The molecular formula is C20H23NO3S. The lowest BCUT2D eigenvalue weighted by molar-refractivity contribution is -0.138. The molecule has 1 amide bonds. The second kappa shape index (κ2) is 8.92. The lowest BCUT2D eigenvalue weighted by Crippen LogP contribution is -2.42. The second-order valence-corrected chi connectivity index (χ2v) is 7.05. The van der Waals surface area contributed by atoms with Crippen molar-refractivity contribution in [3.63, 3.8) is 0 Å². The van der Waals surface area contributed by atoms with E-state index in [1.807, 2.05) is 47.4 Å². The number of hydrogen-bond donors (Lipinski definition) is 0. The van der Waals surface area contributed by atoms with Gasteiger partial charge in [0.05, 0.1) is 20.3 Å². The summed E-state index contributed by atoms with van der Waals surface area (Å²) >= 11 is 1.69. The molecule has 1 heterocycles. The Balaban J connectivity index is 1.47. The van der Waals surface area contributed by atoms with Gasteiger partial charge in [-0.2, -0.15) is 0 Å². The maximum atomic E-state index is 12.5. The summed E-state index contributed by atoms with van der Waals surface area (Å²) in [5.41, 5.74) is 1.13. The zero-order valence-corrected chi connectivity index (χ0v) is 15.2. The molecule has 1 aliphatic heterocycles. The Hall–Kier alpha value is -1.98. The summed E-state index contributed by atoms with van der Waals surface area (Å²) in [5.74, 6) is 1.82. The number of rotatable bonds is 6. The van der Waals surface area contributed by atoms with Crippen molar-refractivity contribution in [2.75, 3.05) is 32.6 Å². The first-order valence-electron chi connectivity index (χ1n) is 8.47. The number of ether oxygens (including phenoxy) is 2. The van der Waals surface area contributed by atoms with Gasteiger partial charge >= 0.3 is 0 Å². The Labute approximate surface area is 153 Å². The number of thioether (sulfide) groups is 1. The first kappa shape index (κ1) is 17.8. The van der Waals surface area contributed by atoms with Gasteiger partial charge in [-0.15, -0.1) is 11.8 Å². The van der Waals surface area contributed by atoms with Crippen LogP contribution in [0.2, 0.25) is 0 Å². The zero-order valence-electron chi connectivity index (χ0n) is 14.4. The quantitative estimate of drug-likeness (QED) is 0.738. The van der Waals surface area contributed by atoms with E-state index in [1.165, 1.54) is 0 Å². The van der Waals surface area contributed by atoms with E-state index in [9.17, 15) is 4.79 Å². The summed E-state index contributed by atoms with van der Waals surface area (Å²) in [5, 5.41) is 0. The average molecular weight is 357 g/mol. The molecule has 1 aliphatic rings. The molecule has 0 aliphatic carbocycles. The van der Waals surface area contributed by atoms with Crippen LogP contribution in [0.1, 0.15) is 18.1 Å². The van der Waals surface area contributed by atoms with Gasteiger partial charge in [0.2, 0.25) is 5.91 Å². The molecule has 4 nitrogen and oxygen atoms in total. The van der Waals surface area contributed by atoms with Crippen molar-refractivity contribution >= 4 is 17.7 Å². The molecule has 1 saturated heterocycles. The van der Waals surface area contributed by atoms with Crippen molar-refractivity contribution in [3.8, 4) is 5.75 Å². The van der Waals surface area contributed by atoms with E-state index in [2.05, 4.69) is 12.1 Å². The van der Waals surface area contributed by atoms with Crippen LogP contribution in [0.5, 0.6) is 5.75 Å². The lowest BCUT2D eigenvalue weighted by Gasteiger charge is -2.33. The minimum atomic E-state index is -0.0202. The summed E-state index contributed by atoms with van der Waals surface area (Å²) < 4.78 is 11.0. The molecule has 0 aromatic heterocycles. The van der Waals surface area contributed by atoms with Crippen LogP contribution >= 0.6 is 11.8 Å². The summed E-state index contributed by atoms with van der Waals surface area (Å²) in [6.45, 7) is 1.91. The highest BCUT2D eigenvalue weighted by molar-refractivity contribution is 7.99. The molecule has 1 unspecified atom stereocenters. The SMILES string of the molecule is COc1ccc(SCCC(=O)N2CCOC(c3ccccc3)C2)cc1. The van der Waals surface area contributed by atoms with Gasteiger partial charge in [0.25, 0.3) is 0 Å². The number of morpholine rings is 1. The molecule has 132 valence electrons. The number of carbonyl (C=O) groups is 1. The lowest BCUT2D eigenvalue weighted by atomic mass is 10.1. The normalized spacial score (nSPS) is 17.3. The van der Waals surface area contributed by atoms with Crippen molar-refractivity contribution < 1.29 is 14.3 Å². The van der Waals surface area contributed by atoms with E-state index in [0.717, 1.165) is 22.0 Å². The minimum absolute atomic E-state index is 0.0202. The smallest absolute Gasteiger partial charge is 0.223 e. The van der Waals surface area contributed by atoms with Crippen LogP contribution in [-0.2, 0) is 9.53 Å². The Morgan fingerprint density at radius 3 is 2.68 bits per heavy atom. The standard InChI is InChI=1S/C20H23NO3S/c1-23-17-7-9-18(10-8-17)25-14-11-20(22)21-12-13-24-19(15-21)16-5-3-2-4-6-16/h2-10,19H,11-15H2,1H3. The maximum Gasteiger partial charge on any atom is 0.223 e. The fourth-order valence-corrected chi connectivity index (χ4v) is 3.67. The fourth-order valence-electron chi connectivity index (χ4n) is 2.83. The van der Waals surface area contributed by atoms with Crippen LogP contribution < -0.4 is 4.74 Å². The predicted octanol–water partition coefficient (Wildman–Crippen LogP) is 3.78. The number of carbonyl (C=O) groups excluding carboxylic acids is 1. The Morgan fingerprint density at radius 2 is 1.96 bits per heavy atom. The predicted molar refractivity (Wildman–Crippen MR) is 100 cm³/mol. The maximum absolute atomic E-state index is 12.5. The molecule has 0 spiro atoms. The molecule has 2 aromatic rings. The Morgan fingerprint density at radius 1 is 1.20 bits per heavy atom. The molecule has 0 radical (unpaired) electrons. The van der Waals surface area contributed by atoms with Gasteiger partial charge in [-0.25, -0.2) is 0 Å². The Kier molecular flexibility index (Phi) is 6.36. The zero-order chi connectivity index (χ0) is 17.5. The molecule has 1 atom stereocenters. The minimum Gasteiger partial charge on any atom is -0.497 e. The average Bonchev–Trinajstić information content (AvgIpc) is 2.69. The van der Waals surface area contributed by atoms with Crippen LogP contribution in [0.25, 0.3) is 0 Å². The van der Waals surface area contributed by atoms with Gasteiger partial charge in [-0.1, -0.05) is 30.3 Å². The third kappa shape index (κ3) is 5.00. The molecular weight excluding hydrogens is 334 g/mol. The number of hydrogen-bond acceptors (Lipinski definition) is 4. The summed E-state index contributed by atoms with van der Waals surface area (Å²) in [6, 6.07) is 18.0. The van der Waals surface area contributed by atoms with Crippen molar-refractivity contribution in [2.45, 2.75) is 17.4 Å². The first-order chi connectivity index (χ1) is 12.3. The third-order valence-electron chi connectivity index (χ3n) is 4.23. The van der Waals surface area contributed by atoms with Crippen molar-refractivity contribution in [3.05, 3.63) is 60.2 Å². The Bertz CT molecular complexity index is 675. The highest BCUT2D eigenvalue weighted by Gasteiger charge is 2.24. The van der Waals surface area contributed by atoms with Crippen LogP contribution in [0.15, 0.2) is 59.5 Å². The molecule has 2 aromatic carbocycles. The molecule has 0 bridgehead atoms. The largest absolute Gasteiger partial charge is 0.497 e. The van der Waals surface area contributed by atoms with E-state index in [0.29, 0.717) is 26.1 Å². The van der Waals surface area contributed by atoms with Crippen LogP contribution in [0.3, 0.4) is 0 Å². The number of methoxy groups -OCH3 is 1. The van der Waals surface area contributed by atoms with Crippen molar-refractivity contribution in [2.24, 2.45) is 0 Å². The molecule has 0 N–H and O–H groups in total. The summed E-state index contributed by atoms with van der Waals surface area (Å²) in [6.07, 6.45) is 0.520. The monoisotopic (exact) mass is 357 g/mol. The van der Waals surface area contributed by atoms with E-state index in [4.69, 9.17) is 9.47 Å². The van der Waals surface area contributed by atoms with Gasteiger partial charge in [0.15, 0.2) is 0 Å². The van der Waals surface area contributed by atoms with E-state index in [-0.39, 0.29) is 12.0 Å². The number of amides is 1. The van der Waals surface area contributed by atoms with Gasteiger partial charge in [0.1, 0.15) is 11.9 Å². The van der Waals surface area contributed by atoms with Crippen molar-refractivity contribution in [1.82, 2.24) is 4.90 Å². The number of nitrogens with zero attached hydrogens (tertiary/aromatic N) is 1. The molecule has 5 heteroatoms. The highest BCUT2D eigenvalue weighted by Crippen LogP contribution is 2.24. The second-order valence-electron chi connectivity index (χ2n) is 5.88. The molecule has 25 heavy (non-hydrogen) atoms. The first-order valence-corrected chi connectivity index (χ1v) is 9.46. The van der Waals surface area contributed by atoms with Gasteiger partial charge in [0, 0.05) is 23.6 Å². The third-order valence-corrected chi connectivity index (χ3v) is 5.25. The molecule has 3 rings (SSSR count). The van der Waals surface area contributed by atoms with Crippen molar-refractivity contribution in [1.29, 1.82) is 0 Å². The van der Waals surface area contributed by atoms with Gasteiger partial charge < -0.3 is 14.4 Å². The summed E-state index contributed by atoms with van der Waals surface area (Å²) in [4.78, 5) is 15.6. The van der Waals surface area contributed by atoms with Gasteiger partial charge in [-0.3, -0.25) is 4.79 Å². The summed E-state index contributed by atoms with van der Waals surface area (Å²) in [7, 11) is 1.66. The van der Waals surface area contributed by atoms with E-state index < -0.39 is 0 Å². The van der Waals surface area contributed by atoms with Crippen LogP contribution in [0.4, 0.5) is 0 Å². The topological polar surface area (TPSA) is 38.8 Å². The van der Waals surface area contributed by atoms with Gasteiger partial charge in [-0.05, 0) is 29.8 Å².